The van der Waals surface area contributed by atoms with Gasteiger partial charge in [-0.05, 0) is 55.8 Å². The molecular weight excluding hydrogens is 315 g/mol. The van der Waals surface area contributed by atoms with Crippen LogP contribution in [0.25, 0.3) is 0 Å². The Hall–Kier alpha value is -1.16. The van der Waals surface area contributed by atoms with Gasteiger partial charge in [-0.1, -0.05) is 29.3 Å². The zero-order valence-corrected chi connectivity index (χ0v) is 13.4. The van der Waals surface area contributed by atoms with Gasteiger partial charge in [0.05, 0.1) is 11.1 Å². The Morgan fingerprint density at radius 1 is 0.857 bits per heavy atom. The van der Waals surface area contributed by atoms with E-state index in [9.17, 15) is 8.78 Å². The summed E-state index contributed by atoms with van der Waals surface area (Å²) in [4.78, 5) is 0. The molecule has 0 aliphatic carbocycles. The third kappa shape index (κ3) is 3.20. The van der Waals surface area contributed by atoms with Gasteiger partial charge in [0.25, 0.3) is 0 Å². The van der Waals surface area contributed by atoms with E-state index in [2.05, 4.69) is 5.32 Å². The van der Waals surface area contributed by atoms with Gasteiger partial charge in [-0.15, -0.1) is 0 Å². The summed E-state index contributed by atoms with van der Waals surface area (Å²) in [5, 5.41) is 3.24. The molecule has 2 aromatic carbocycles. The highest BCUT2D eigenvalue weighted by atomic mass is 35.5. The van der Waals surface area contributed by atoms with E-state index in [0.717, 1.165) is 23.3 Å². The van der Waals surface area contributed by atoms with Crippen molar-refractivity contribution in [3.05, 3.63) is 68.2 Å². The molecule has 112 valence electrons. The van der Waals surface area contributed by atoms with Crippen molar-refractivity contribution in [3.63, 3.8) is 0 Å². The largest absolute Gasteiger partial charge is 0.309 e. The zero-order chi connectivity index (χ0) is 15.7. The molecule has 2 rings (SSSR count). The van der Waals surface area contributed by atoms with Crippen molar-refractivity contribution in [3.8, 4) is 0 Å². The number of aryl methyl sites for hydroxylation is 2. The average molecular weight is 330 g/mol. The maximum absolute atomic E-state index is 14.1. The third-order valence-electron chi connectivity index (χ3n) is 3.56. The predicted octanol–water partition coefficient (Wildman–Crippen LogP) is 5.20. The molecule has 0 amide bonds. The number of benzene rings is 2. The first-order valence-corrected chi connectivity index (χ1v) is 7.19. The van der Waals surface area contributed by atoms with Crippen molar-refractivity contribution in [2.24, 2.45) is 0 Å². The molecule has 0 spiro atoms. The minimum absolute atomic E-state index is 0.171. The van der Waals surface area contributed by atoms with Crippen LogP contribution < -0.4 is 5.32 Å². The Balaban J connectivity index is 2.60. The lowest BCUT2D eigenvalue weighted by atomic mass is 9.95. The molecule has 5 heteroatoms. The van der Waals surface area contributed by atoms with Crippen molar-refractivity contribution in [2.75, 3.05) is 7.05 Å². The van der Waals surface area contributed by atoms with Crippen LogP contribution in [0.1, 0.15) is 28.3 Å². The molecule has 1 N–H and O–H groups in total. The van der Waals surface area contributed by atoms with Gasteiger partial charge < -0.3 is 5.32 Å². The van der Waals surface area contributed by atoms with Gasteiger partial charge in [0.1, 0.15) is 11.6 Å². The Bertz CT molecular complexity index is 629. The summed E-state index contributed by atoms with van der Waals surface area (Å²) in [7, 11) is 1.67. The molecule has 0 bridgehead atoms. The van der Waals surface area contributed by atoms with E-state index in [4.69, 9.17) is 23.2 Å². The first kappa shape index (κ1) is 16.2. The van der Waals surface area contributed by atoms with Crippen LogP contribution in [0.3, 0.4) is 0 Å². The molecule has 0 saturated heterocycles. The smallest absolute Gasteiger partial charge is 0.142 e. The first-order chi connectivity index (χ1) is 9.85. The second-order valence-corrected chi connectivity index (χ2v) is 5.78. The summed E-state index contributed by atoms with van der Waals surface area (Å²) >= 11 is 11.9. The zero-order valence-electron chi connectivity index (χ0n) is 11.9. The predicted molar refractivity (Wildman–Crippen MR) is 83.2 cm³/mol. The normalized spacial score (nSPS) is 12.5. The highest BCUT2D eigenvalue weighted by Crippen LogP contribution is 2.33. The van der Waals surface area contributed by atoms with Crippen molar-refractivity contribution in [1.29, 1.82) is 0 Å². The molecule has 0 fully saturated rings. The van der Waals surface area contributed by atoms with Gasteiger partial charge in [0.2, 0.25) is 0 Å². The van der Waals surface area contributed by atoms with Gasteiger partial charge in [0.15, 0.2) is 0 Å². The lowest BCUT2D eigenvalue weighted by molar-refractivity contribution is 0.558. The average Bonchev–Trinajstić information content (AvgIpc) is 2.42. The molecule has 0 aliphatic rings. The molecule has 0 aliphatic heterocycles. The Morgan fingerprint density at radius 2 is 1.48 bits per heavy atom. The number of rotatable bonds is 3. The summed E-state index contributed by atoms with van der Waals surface area (Å²) in [5.41, 5.74) is 2.94. The van der Waals surface area contributed by atoms with E-state index in [0.29, 0.717) is 10.6 Å². The minimum Gasteiger partial charge on any atom is -0.309 e. The fourth-order valence-electron chi connectivity index (χ4n) is 2.26. The van der Waals surface area contributed by atoms with Crippen LogP contribution in [0.15, 0.2) is 24.3 Å². The number of hydrogen-bond donors (Lipinski definition) is 1. The van der Waals surface area contributed by atoms with Gasteiger partial charge in [0, 0.05) is 10.6 Å². The third-order valence-corrected chi connectivity index (χ3v) is 4.18. The highest BCUT2D eigenvalue weighted by molar-refractivity contribution is 6.31. The van der Waals surface area contributed by atoms with E-state index in [-0.39, 0.29) is 10.6 Å². The van der Waals surface area contributed by atoms with E-state index >= 15 is 0 Å². The monoisotopic (exact) mass is 329 g/mol. The number of halogens is 4. The van der Waals surface area contributed by atoms with Gasteiger partial charge in [-0.2, -0.15) is 0 Å². The fourth-order valence-corrected chi connectivity index (χ4v) is 2.74. The molecule has 0 saturated carbocycles. The lowest BCUT2D eigenvalue weighted by Gasteiger charge is -2.21. The molecule has 0 heterocycles. The van der Waals surface area contributed by atoms with Crippen LogP contribution >= 0.6 is 23.2 Å². The van der Waals surface area contributed by atoms with Crippen molar-refractivity contribution in [2.45, 2.75) is 19.9 Å². The van der Waals surface area contributed by atoms with Crippen LogP contribution in [0, 0.1) is 25.5 Å². The summed E-state index contributed by atoms with van der Waals surface area (Å²) in [6.45, 7) is 3.89. The second kappa shape index (κ2) is 6.30. The lowest BCUT2D eigenvalue weighted by Crippen LogP contribution is -2.20. The highest BCUT2D eigenvalue weighted by Gasteiger charge is 2.21. The van der Waals surface area contributed by atoms with Crippen molar-refractivity contribution >= 4 is 23.2 Å². The van der Waals surface area contributed by atoms with E-state index < -0.39 is 17.7 Å². The molecule has 2 aromatic rings. The van der Waals surface area contributed by atoms with Gasteiger partial charge in [-0.25, -0.2) is 8.78 Å². The summed E-state index contributed by atoms with van der Waals surface area (Å²) < 4.78 is 27.8. The second-order valence-electron chi connectivity index (χ2n) is 4.97. The van der Waals surface area contributed by atoms with Crippen LogP contribution in [-0.4, -0.2) is 7.05 Å². The molecule has 1 atom stereocenters. The molecule has 1 unspecified atom stereocenters. The van der Waals surface area contributed by atoms with Crippen molar-refractivity contribution < 1.29 is 8.78 Å². The minimum atomic E-state index is -0.659. The summed E-state index contributed by atoms with van der Waals surface area (Å²) in [6.07, 6.45) is 0. The van der Waals surface area contributed by atoms with E-state index in [1.54, 1.807) is 7.05 Å². The molecule has 1 nitrogen and oxygen atoms in total. The fraction of sp³-hybridized carbons (Fsp3) is 0.250. The molecule has 0 radical (unpaired) electrons. The molecule has 21 heavy (non-hydrogen) atoms. The maximum Gasteiger partial charge on any atom is 0.142 e. The Labute approximate surface area is 132 Å². The molecule has 0 aromatic heterocycles. The summed E-state index contributed by atoms with van der Waals surface area (Å²) in [5.74, 6) is -1.23. The Kier molecular flexibility index (Phi) is 4.87. The summed E-state index contributed by atoms with van der Waals surface area (Å²) in [6, 6.07) is 5.23. The van der Waals surface area contributed by atoms with Gasteiger partial charge >= 0.3 is 0 Å². The van der Waals surface area contributed by atoms with Crippen molar-refractivity contribution in [1.82, 2.24) is 5.32 Å². The molecular formula is C16H15Cl2F2N. The Morgan fingerprint density at radius 3 is 2.10 bits per heavy atom. The first-order valence-electron chi connectivity index (χ1n) is 6.43. The SMILES string of the molecule is CNC(c1cc(F)c(Cl)cc1F)c1cc(C)c(C)cc1Cl. The van der Waals surface area contributed by atoms with E-state index in [1.165, 1.54) is 0 Å². The topological polar surface area (TPSA) is 12.0 Å². The number of nitrogens with one attached hydrogen (secondary N) is 1. The quantitative estimate of drug-likeness (QED) is 0.763. The van der Waals surface area contributed by atoms with Gasteiger partial charge in [-0.3, -0.25) is 0 Å². The van der Waals surface area contributed by atoms with Crippen LogP contribution in [-0.2, 0) is 0 Å². The number of hydrogen-bond acceptors (Lipinski definition) is 1. The van der Waals surface area contributed by atoms with E-state index in [1.807, 2.05) is 26.0 Å². The maximum atomic E-state index is 14.1. The van der Waals surface area contributed by atoms with Crippen LogP contribution in [0.5, 0.6) is 0 Å². The van der Waals surface area contributed by atoms with Crippen LogP contribution in [0.2, 0.25) is 10.0 Å². The van der Waals surface area contributed by atoms with Crippen LogP contribution in [0.4, 0.5) is 8.78 Å². The standard InChI is InChI=1S/C16H15Cl2F2N/c1-8-4-10(12(17)5-9(8)2)16(21-3)11-6-15(20)13(18)7-14(11)19/h4-7,16,21H,1-3H3.